The first-order chi connectivity index (χ1) is 15.7. The van der Waals surface area contributed by atoms with Crippen molar-refractivity contribution in [2.24, 2.45) is 0 Å². The highest BCUT2D eigenvalue weighted by atomic mass is 19.4. The molecule has 0 aliphatic carbocycles. The quantitative estimate of drug-likeness (QED) is 0.529. The fourth-order valence-electron chi connectivity index (χ4n) is 4.32. The van der Waals surface area contributed by atoms with Crippen LogP contribution in [0.4, 0.5) is 22.0 Å². The van der Waals surface area contributed by atoms with Crippen LogP contribution in [0.15, 0.2) is 48.5 Å². The van der Waals surface area contributed by atoms with Gasteiger partial charge < -0.3 is 9.64 Å². The smallest absolute Gasteiger partial charge is 0.382 e. The zero-order valence-corrected chi connectivity index (χ0v) is 18.3. The molecule has 0 bridgehead atoms. The molecule has 1 aliphatic heterocycles. The van der Waals surface area contributed by atoms with Crippen LogP contribution in [-0.4, -0.2) is 67.8 Å². The highest BCUT2D eigenvalue weighted by Crippen LogP contribution is 2.30. The zero-order valence-electron chi connectivity index (χ0n) is 18.3. The van der Waals surface area contributed by atoms with Gasteiger partial charge in [0, 0.05) is 32.7 Å². The summed E-state index contributed by atoms with van der Waals surface area (Å²) in [5, 5.41) is 0. The van der Waals surface area contributed by atoms with Crippen LogP contribution < -0.4 is 0 Å². The number of methoxy groups -OCH3 is 1. The Balaban J connectivity index is 1.64. The molecule has 3 rings (SSSR count). The maximum Gasteiger partial charge on any atom is 0.471 e. The molecule has 33 heavy (non-hydrogen) atoms. The van der Waals surface area contributed by atoms with Crippen molar-refractivity contribution in [1.82, 2.24) is 9.80 Å². The Morgan fingerprint density at radius 1 is 1.00 bits per heavy atom. The molecule has 1 heterocycles. The van der Waals surface area contributed by atoms with Crippen molar-refractivity contribution in [2.75, 3.05) is 39.9 Å². The first-order valence-corrected chi connectivity index (χ1v) is 10.8. The molecule has 180 valence electrons. The van der Waals surface area contributed by atoms with Crippen LogP contribution in [-0.2, 0) is 9.53 Å². The van der Waals surface area contributed by atoms with Crippen LogP contribution in [0.5, 0.6) is 0 Å². The Hall–Kier alpha value is -2.52. The zero-order chi connectivity index (χ0) is 24.0. The van der Waals surface area contributed by atoms with E-state index in [2.05, 4.69) is 0 Å². The summed E-state index contributed by atoms with van der Waals surface area (Å²) in [4.78, 5) is 14.6. The van der Waals surface area contributed by atoms with Gasteiger partial charge in [-0.2, -0.15) is 13.2 Å². The van der Waals surface area contributed by atoms with Crippen molar-refractivity contribution >= 4 is 5.91 Å². The summed E-state index contributed by atoms with van der Waals surface area (Å²) in [5.41, 5.74) is 1.81. The number of hydrogen-bond acceptors (Lipinski definition) is 3. The molecule has 1 aliphatic rings. The molecule has 0 spiro atoms. The van der Waals surface area contributed by atoms with Crippen LogP contribution in [0, 0.1) is 11.6 Å². The number of alkyl halides is 3. The molecule has 0 saturated carbocycles. The van der Waals surface area contributed by atoms with E-state index in [0.29, 0.717) is 25.9 Å². The van der Waals surface area contributed by atoms with Gasteiger partial charge in [0.25, 0.3) is 0 Å². The molecule has 1 amide bonds. The van der Waals surface area contributed by atoms with Crippen molar-refractivity contribution in [3.63, 3.8) is 0 Å². The third-order valence-electron chi connectivity index (χ3n) is 5.94. The van der Waals surface area contributed by atoms with E-state index in [1.54, 1.807) is 24.3 Å². The minimum absolute atomic E-state index is 0.0199. The number of ether oxygens (including phenoxy) is 1. The van der Waals surface area contributed by atoms with Crippen LogP contribution in [0.1, 0.15) is 29.9 Å². The number of halogens is 5. The fourth-order valence-corrected chi connectivity index (χ4v) is 4.32. The predicted octanol–water partition coefficient (Wildman–Crippen LogP) is 4.60. The summed E-state index contributed by atoms with van der Waals surface area (Å²) in [5.74, 6) is -2.59. The van der Waals surface area contributed by atoms with E-state index in [-0.39, 0.29) is 37.2 Å². The van der Waals surface area contributed by atoms with E-state index in [9.17, 15) is 26.7 Å². The van der Waals surface area contributed by atoms with Crippen LogP contribution in [0.25, 0.3) is 0 Å². The summed E-state index contributed by atoms with van der Waals surface area (Å²) in [6.45, 7) is 1.23. The topological polar surface area (TPSA) is 32.8 Å². The van der Waals surface area contributed by atoms with Crippen molar-refractivity contribution in [3.05, 3.63) is 71.3 Å². The van der Waals surface area contributed by atoms with E-state index in [1.807, 2.05) is 4.90 Å². The molecule has 2 aromatic rings. The minimum Gasteiger partial charge on any atom is -0.382 e. The fraction of sp³-hybridized carbons (Fsp3) is 0.458. The van der Waals surface area contributed by atoms with Gasteiger partial charge in [-0.1, -0.05) is 24.3 Å². The van der Waals surface area contributed by atoms with Gasteiger partial charge in [0.15, 0.2) is 0 Å². The minimum atomic E-state index is -4.91. The Morgan fingerprint density at radius 2 is 1.55 bits per heavy atom. The number of piperazine rings is 1. The van der Waals surface area contributed by atoms with Gasteiger partial charge in [-0.25, -0.2) is 8.78 Å². The summed E-state index contributed by atoms with van der Waals surface area (Å²) in [6.07, 6.45) is -3.51. The first-order valence-electron chi connectivity index (χ1n) is 10.8. The van der Waals surface area contributed by atoms with Crippen molar-refractivity contribution in [3.8, 4) is 0 Å². The largest absolute Gasteiger partial charge is 0.471 e. The van der Waals surface area contributed by atoms with Crippen LogP contribution >= 0.6 is 0 Å². The summed E-state index contributed by atoms with van der Waals surface area (Å²) >= 11 is 0. The normalized spacial score (nSPS) is 17.5. The number of nitrogens with zero attached hydrogens (tertiary/aromatic N) is 2. The summed E-state index contributed by atoms with van der Waals surface area (Å²) in [7, 11) is 1.39. The Bertz CT molecular complexity index is 857. The number of hydrogen-bond donors (Lipinski definition) is 0. The van der Waals surface area contributed by atoms with Crippen molar-refractivity contribution in [1.29, 1.82) is 0 Å². The lowest BCUT2D eigenvalue weighted by Crippen LogP contribution is -2.59. The van der Waals surface area contributed by atoms with Gasteiger partial charge in [0.1, 0.15) is 11.6 Å². The molecule has 0 N–H and O–H groups in total. The highest BCUT2D eigenvalue weighted by molar-refractivity contribution is 5.82. The molecule has 0 aromatic heterocycles. The van der Waals surface area contributed by atoms with E-state index < -0.39 is 18.1 Å². The maximum absolute atomic E-state index is 13.4. The van der Waals surface area contributed by atoms with E-state index in [0.717, 1.165) is 16.0 Å². The third-order valence-corrected chi connectivity index (χ3v) is 5.94. The third kappa shape index (κ3) is 6.74. The van der Waals surface area contributed by atoms with Crippen LogP contribution in [0.2, 0.25) is 0 Å². The van der Waals surface area contributed by atoms with E-state index in [1.165, 1.54) is 31.4 Å². The molecular weight excluding hydrogens is 443 g/mol. The lowest BCUT2D eigenvalue weighted by Gasteiger charge is -2.41. The molecule has 1 fully saturated rings. The second-order valence-corrected chi connectivity index (χ2v) is 8.20. The SMILES string of the molecule is COCC1CN(CCCC(c2ccc(F)cc2)c2ccc(F)cc2)CCN1C(=O)C(F)(F)F. The molecule has 4 nitrogen and oxygen atoms in total. The van der Waals surface area contributed by atoms with Gasteiger partial charge in [-0.15, -0.1) is 0 Å². The van der Waals surface area contributed by atoms with Gasteiger partial charge in [0.2, 0.25) is 0 Å². The monoisotopic (exact) mass is 470 g/mol. The predicted molar refractivity (Wildman–Crippen MR) is 114 cm³/mol. The molecular formula is C24H27F5N2O2. The number of rotatable bonds is 8. The number of benzene rings is 2. The lowest BCUT2D eigenvalue weighted by molar-refractivity contribution is -0.191. The van der Waals surface area contributed by atoms with Gasteiger partial charge in [0.05, 0.1) is 12.6 Å². The summed E-state index contributed by atoms with van der Waals surface area (Å²) in [6, 6.07) is 11.7. The molecule has 9 heteroatoms. The van der Waals surface area contributed by atoms with Gasteiger partial charge >= 0.3 is 12.1 Å². The van der Waals surface area contributed by atoms with Crippen molar-refractivity contribution < 1.29 is 31.5 Å². The second kappa shape index (κ2) is 11.1. The standard InChI is InChI=1S/C24H27F5N2O2/c1-33-16-21-15-30(13-14-31(21)23(32)24(27,28)29)12-2-3-22(17-4-8-19(25)9-5-17)18-6-10-20(26)11-7-18/h4-11,21-22H,2-3,12-16H2,1H3. The van der Waals surface area contributed by atoms with Gasteiger partial charge in [-0.05, 0) is 54.8 Å². The lowest BCUT2D eigenvalue weighted by atomic mass is 9.87. The summed E-state index contributed by atoms with van der Waals surface area (Å²) < 4.78 is 70.6. The van der Waals surface area contributed by atoms with E-state index >= 15 is 0 Å². The average molecular weight is 470 g/mol. The second-order valence-electron chi connectivity index (χ2n) is 8.20. The average Bonchev–Trinajstić information content (AvgIpc) is 2.78. The molecule has 1 unspecified atom stereocenters. The van der Waals surface area contributed by atoms with Crippen molar-refractivity contribution in [2.45, 2.75) is 31.0 Å². The van der Waals surface area contributed by atoms with Gasteiger partial charge in [-0.3, -0.25) is 9.69 Å². The highest BCUT2D eigenvalue weighted by Gasteiger charge is 2.46. The number of carbonyl (C=O) groups excluding carboxylic acids is 1. The molecule has 1 atom stereocenters. The Kier molecular flexibility index (Phi) is 8.42. The molecule has 1 saturated heterocycles. The first kappa shape index (κ1) is 25.1. The van der Waals surface area contributed by atoms with Crippen LogP contribution in [0.3, 0.4) is 0 Å². The van der Waals surface area contributed by atoms with E-state index in [4.69, 9.17) is 4.74 Å². The number of carbonyl (C=O) groups is 1. The molecule has 2 aromatic carbocycles. The Morgan fingerprint density at radius 3 is 2.03 bits per heavy atom. The Labute approximate surface area is 189 Å². The maximum atomic E-state index is 13.4. The molecule has 0 radical (unpaired) electrons. The number of amides is 1.